The highest BCUT2D eigenvalue weighted by Gasteiger charge is 2.30. The summed E-state index contributed by atoms with van der Waals surface area (Å²) in [5.74, 6) is 0. The second-order valence-corrected chi connectivity index (χ2v) is 4.92. The second-order valence-electron chi connectivity index (χ2n) is 4.92. The predicted molar refractivity (Wildman–Crippen MR) is 74.1 cm³/mol. The minimum absolute atomic E-state index is 0.259. The zero-order valence-electron chi connectivity index (χ0n) is 11.0. The fraction of sp³-hybridized carbons (Fsp3) is 0.333. The van der Waals surface area contributed by atoms with Crippen LogP contribution < -0.4 is 0 Å². The van der Waals surface area contributed by atoms with Gasteiger partial charge in [-0.15, -0.1) is 0 Å². The van der Waals surface area contributed by atoms with Crippen LogP contribution in [0.3, 0.4) is 0 Å². The van der Waals surface area contributed by atoms with E-state index in [-0.39, 0.29) is 18.6 Å². The molecule has 102 valence electrons. The van der Waals surface area contributed by atoms with Crippen LogP contribution >= 0.6 is 0 Å². The molecule has 0 bridgehead atoms. The Morgan fingerprint density at radius 1 is 1.45 bits per heavy atom. The number of nitrogens with one attached hydrogen (secondary N) is 1. The fourth-order valence-electron chi connectivity index (χ4n) is 2.56. The number of cyclic esters (lactones) is 1. The highest BCUT2D eigenvalue weighted by atomic mass is 16.6. The summed E-state index contributed by atoms with van der Waals surface area (Å²) in [5, 5.41) is 9.82. The number of para-hydroxylation sites is 1. The van der Waals surface area contributed by atoms with Crippen LogP contribution in [-0.2, 0) is 11.2 Å². The minimum Gasteiger partial charge on any atom is -0.443 e. The van der Waals surface area contributed by atoms with Crippen molar-refractivity contribution in [3.8, 4) is 6.07 Å². The molecule has 1 N–H and O–H groups in total. The molecule has 3 rings (SSSR count). The van der Waals surface area contributed by atoms with Crippen molar-refractivity contribution >= 4 is 17.0 Å². The van der Waals surface area contributed by atoms with Gasteiger partial charge in [0.1, 0.15) is 6.10 Å². The van der Waals surface area contributed by atoms with Crippen molar-refractivity contribution in [3.63, 3.8) is 0 Å². The van der Waals surface area contributed by atoms with Gasteiger partial charge in [-0.25, -0.2) is 4.79 Å². The highest BCUT2D eigenvalue weighted by Crippen LogP contribution is 2.20. The largest absolute Gasteiger partial charge is 0.443 e. The lowest BCUT2D eigenvalue weighted by Gasteiger charge is -2.11. The Hall–Kier alpha value is -2.48. The van der Waals surface area contributed by atoms with Crippen LogP contribution in [-0.4, -0.2) is 35.2 Å². The van der Waals surface area contributed by atoms with E-state index in [0.29, 0.717) is 13.1 Å². The first-order valence-electron chi connectivity index (χ1n) is 6.65. The molecule has 1 atom stereocenters. The normalized spacial score (nSPS) is 18.2. The van der Waals surface area contributed by atoms with Crippen LogP contribution in [0.25, 0.3) is 10.9 Å². The highest BCUT2D eigenvalue weighted by molar-refractivity contribution is 5.83. The smallest absolute Gasteiger partial charge is 0.410 e. The van der Waals surface area contributed by atoms with Crippen molar-refractivity contribution in [3.05, 3.63) is 36.0 Å². The summed E-state index contributed by atoms with van der Waals surface area (Å²) in [5.41, 5.74) is 2.30. The van der Waals surface area contributed by atoms with Gasteiger partial charge in [0.15, 0.2) is 0 Å². The van der Waals surface area contributed by atoms with Crippen LogP contribution in [0.4, 0.5) is 4.79 Å². The molecule has 1 amide bonds. The third-order valence-electron chi connectivity index (χ3n) is 3.59. The van der Waals surface area contributed by atoms with Gasteiger partial charge in [0.2, 0.25) is 0 Å². The van der Waals surface area contributed by atoms with Gasteiger partial charge in [-0.1, -0.05) is 18.2 Å². The average molecular weight is 269 g/mol. The van der Waals surface area contributed by atoms with Crippen molar-refractivity contribution in [2.75, 3.05) is 13.1 Å². The molecule has 5 heteroatoms. The zero-order valence-corrected chi connectivity index (χ0v) is 11.0. The molecule has 5 nitrogen and oxygen atoms in total. The van der Waals surface area contributed by atoms with E-state index < -0.39 is 0 Å². The van der Waals surface area contributed by atoms with Gasteiger partial charge < -0.3 is 14.6 Å². The predicted octanol–water partition coefficient (Wildman–Crippen LogP) is 2.44. The van der Waals surface area contributed by atoms with Crippen LogP contribution in [0, 0.1) is 11.3 Å². The first-order valence-corrected chi connectivity index (χ1v) is 6.65. The molecule has 1 aromatic heterocycles. The summed E-state index contributed by atoms with van der Waals surface area (Å²) in [6.45, 7) is 1.12. The molecule has 2 heterocycles. The standard InChI is InChI=1S/C15H15N3O2/c16-7-5-12-10-18(15(19)20-12)8-6-11-9-17-14-4-2-1-3-13(11)14/h1-4,9,12,17H,5-6,8,10H2. The molecule has 0 saturated carbocycles. The minimum atomic E-state index is -0.315. The summed E-state index contributed by atoms with van der Waals surface area (Å²) in [6, 6.07) is 10.1. The number of rotatable bonds is 4. The third-order valence-corrected chi connectivity index (χ3v) is 3.59. The zero-order chi connectivity index (χ0) is 13.9. The van der Waals surface area contributed by atoms with Gasteiger partial charge in [0, 0.05) is 23.6 Å². The molecule has 2 aromatic rings. The van der Waals surface area contributed by atoms with Gasteiger partial charge in [0.25, 0.3) is 0 Å². The number of hydrogen-bond donors (Lipinski definition) is 1. The van der Waals surface area contributed by atoms with Gasteiger partial charge >= 0.3 is 6.09 Å². The number of hydrogen-bond acceptors (Lipinski definition) is 3. The molecule has 20 heavy (non-hydrogen) atoms. The van der Waals surface area contributed by atoms with Crippen molar-refractivity contribution in [1.82, 2.24) is 9.88 Å². The summed E-state index contributed by atoms with van der Waals surface area (Å²) in [7, 11) is 0. The Morgan fingerprint density at radius 2 is 2.30 bits per heavy atom. The van der Waals surface area contributed by atoms with Crippen molar-refractivity contribution < 1.29 is 9.53 Å². The summed E-state index contributed by atoms with van der Waals surface area (Å²) in [6.07, 6.45) is 2.42. The van der Waals surface area contributed by atoms with E-state index in [9.17, 15) is 4.79 Å². The number of nitriles is 1. The van der Waals surface area contributed by atoms with Gasteiger partial charge in [-0.2, -0.15) is 5.26 Å². The molecule has 1 saturated heterocycles. The van der Waals surface area contributed by atoms with E-state index in [1.807, 2.05) is 30.5 Å². The number of carbonyl (C=O) groups excluding carboxylic acids is 1. The molecular formula is C15H15N3O2. The molecule has 0 radical (unpaired) electrons. The number of carbonyl (C=O) groups is 1. The molecular weight excluding hydrogens is 254 g/mol. The van der Waals surface area contributed by atoms with E-state index in [1.165, 1.54) is 10.9 Å². The van der Waals surface area contributed by atoms with E-state index in [4.69, 9.17) is 10.00 Å². The van der Waals surface area contributed by atoms with Gasteiger partial charge in [-0.3, -0.25) is 0 Å². The van der Waals surface area contributed by atoms with Crippen molar-refractivity contribution in [1.29, 1.82) is 5.26 Å². The number of nitrogens with zero attached hydrogens (tertiary/aromatic N) is 2. The Bertz CT molecular complexity index is 671. The van der Waals surface area contributed by atoms with Gasteiger partial charge in [-0.05, 0) is 18.1 Å². The van der Waals surface area contributed by atoms with E-state index in [1.54, 1.807) is 4.90 Å². The molecule has 0 aliphatic carbocycles. The fourth-order valence-corrected chi connectivity index (χ4v) is 2.56. The monoisotopic (exact) mass is 269 g/mol. The summed E-state index contributed by atoms with van der Waals surface area (Å²) >= 11 is 0. The Labute approximate surface area is 116 Å². The van der Waals surface area contributed by atoms with Gasteiger partial charge in [0.05, 0.1) is 19.0 Å². The number of H-pyrrole nitrogens is 1. The van der Waals surface area contributed by atoms with Crippen LogP contribution in [0.2, 0.25) is 0 Å². The second kappa shape index (κ2) is 5.25. The summed E-state index contributed by atoms with van der Waals surface area (Å²) < 4.78 is 5.13. The van der Waals surface area contributed by atoms with Crippen molar-refractivity contribution in [2.24, 2.45) is 0 Å². The number of aromatic amines is 1. The number of aromatic nitrogens is 1. The number of ether oxygens (including phenoxy) is 1. The summed E-state index contributed by atoms with van der Waals surface area (Å²) in [4.78, 5) is 16.6. The lowest BCUT2D eigenvalue weighted by Crippen LogP contribution is -2.27. The number of fused-ring (bicyclic) bond motifs is 1. The maximum absolute atomic E-state index is 11.7. The van der Waals surface area contributed by atoms with Crippen LogP contribution in [0.15, 0.2) is 30.5 Å². The van der Waals surface area contributed by atoms with E-state index in [0.717, 1.165) is 11.9 Å². The Balaban J connectivity index is 1.65. The molecule has 1 aliphatic rings. The molecule has 0 spiro atoms. The Morgan fingerprint density at radius 3 is 3.15 bits per heavy atom. The lowest BCUT2D eigenvalue weighted by atomic mass is 10.1. The first kappa shape index (κ1) is 12.5. The van der Waals surface area contributed by atoms with Crippen LogP contribution in [0.5, 0.6) is 0 Å². The maximum atomic E-state index is 11.7. The third kappa shape index (κ3) is 2.32. The average Bonchev–Trinajstić information content (AvgIpc) is 3.01. The van der Waals surface area contributed by atoms with E-state index >= 15 is 0 Å². The molecule has 1 unspecified atom stereocenters. The molecule has 1 aliphatic heterocycles. The molecule has 1 aromatic carbocycles. The topological polar surface area (TPSA) is 69.1 Å². The van der Waals surface area contributed by atoms with Crippen LogP contribution in [0.1, 0.15) is 12.0 Å². The lowest BCUT2D eigenvalue weighted by molar-refractivity contribution is 0.134. The van der Waals surface area contributed by atoms with E-state index in [2.05, 4.69) is 11.1 Å². The Kier molecular flexibility index (Phi) is 3.30. The number of amides is 1. The molecule has 1 fully saturated rings. The van der Waals surface area contributed by atoms with Crippen molar-refractivity contribution in [2.45, 2.75) is 18.9 Å². The SMILES string of the molecule is N#CCC1CN(CCc2c[nH]c3ccccc23)C(=O)O1. The first-order chi connectivity index (χ1) is 9.78. The maximum Gasteiger partial charge on any atom is 0.410 e. The number of benzene rings is 1. The quantitative estimate of drug-likeness (QED) is 0.926.